The van der Waals surface area contributed by atoms with Gasteiger partial charge in [0.1, 0.15) is 23.8 Å². The summed E-state index contributed by atoms with van der Waals surface area (Å²) in [6.45, 7) is 6.89. The van der Waals surface area contributed by atoms with Crippen LogP contribution in [0.1, 0.15) is 68.2 Å². The Morgan fingerprint density at radius 3 is 2.77 bits per heavy atom. The molecule has 9 rings (SSSR count). The Balaban J connectivity index is 1.07. The molecule has 0 amide bonds. The molecule has 232 valence electrons. The number of aromatic hydroxyl groups is 1. The largest absolute Gasteiger partial charge is 0.508 e. The average molecular weight is 599 g/mol. The maximum Gasteiger partial charge on any atom is 0.318 e. The van der Waals surface area contributed by atoms with Gasteiger partial charge in [-0.3, -0.25) is 4.90 Å². The first-order chi connectivity index (χ1) is 21.4. The highest BCUT2D eigenvalue weighted by atomic mass is 19.1. The van der Waals surface area contributed by atoms with Gasteiger partial charge >= 0.3 is 6.01 Å². The number of hydrogen-bond acceptors (Lipinski definition) is 8. The van der Waals surface area contributed by atoms with Crippen molar-refractivity contribution in [2.45, 2.75) is 101 Å². The number of hydrogen-bond donors (Lipinski definition) is 2. The number of anilines is 2. The average Bonchev–Trinajstić information content (AvgIpc) is 3.73. The van der Waals surface area contributed by atoms with E-state index in [1.54, 1.807) is 0 Å². The topological polar surface area (TPSA) is 77.0 Å². The molecular weight excluding hydrogens is 555 g/mol. The third kappa shape index (κ3) is 4.21. The molecule has 9 heteroatoms. The van der Waals surface area contributed by atoms with Gasteiger partial charge in [-0.1, -0.05) is 18.2 Å². The number of aromatic nitrogens is 2. The van der Waals surface area contributed by atoms with E-state index in [0.29, 0.717) is 44.1 Å². The van der Waals surface area contributed by atoms with Crippen LogP contribution in [0.4, 0.5) is 15.9 Å². The number of halogens is 1. The van der Waals surface area contributed by atoms with Crippen molar-refractivity contribution in [3.63, 3.8) is 0 Å². The van der Waals surface area contributed by atoms with Crippen LogP contribution in [0.15, 0.2) is 30.3 Å². The van der Waals surface area contributed by atoms with Gasteiger partial charge in [-0.15, -0.1) is 0 Å². The van der Waals surface area contributed by atoms with E-state index in [2.05, 4.69) is 39.1 Å². The number of aryl methyl sites for hydroxylation is 1. The van der Waals surface area contributed by atoms with E-state index in [4.69, 9.17) is 14.7 Å². The van der Waals surface area contributed by atoms with Crippen LogP contribution in [0.5, 0.6) is 11.8 Å². The molecule has 4 saturated heterocycles. The Kier molecular flexibility index (Phi) is 6.12. The minimum Gasteiger partial charge on any atom is -0.508 e. The lowest BCUT2D eigenvalue weighted by Crippen LogP contribution is -2.52. The molecule has 0 spiro atoms. The molecule has 3 aromatic rings. The van der Waals surface area contributed by atoms with Crippen LogP contribution in [0.2, 0.25) is 0 Å². The molecule has 8 nitrogen and oxygen atoms in total. The fraction of sp³-hybridized carbons (Fsp3) is 0.600. The minimum atomic E-state index is -1.08. The zero-order chi connectivity index (χ0) is 29.6. The number of nitrogens with one attached hydrogen (secondary N) is 1. The Hall–Kier alpha value is -3.17. The lowest BCUT2D eigenvalue weighted by molar-refractivity contribution is 0.0808. The molecule has 0 radical (unpaired) electrons. The summed E-state index contributed by atoms with van der Waals surface area (Å²) in [5.74, 6) is 1.30. The van der Waals surface area contributed by atoms with E-state index >= 15 is 4.39 Å². The van der Waals surface area contributed by atoms with Crippen molar-refractivity contribution < 1.29 is 14.2 Å². The van der Waals surface area contributed by atoms with Crippen LogP contribution in [0.3, 0.4) is 0 Å². The lowest BCUT2D eigenvalue weighted by Gasteiger charge is -2.38. The second-order valence-corrected chi connectivity index (χ2v) is 14.5. The highest BCUT2D eigenvalue weighted by Crippen LogP contribution is 2.55. The molecule has 2 N–H and O–H groups in total. The number of fused-ring (bicyclic) bond motifs is 7. The van der Waals surface area contributed by atoms with Gasteiger partial charge in [0.05, 0.1) is 17.8 Å². The Bertz CT molecular complexity index is 1620. The van der Waals surface area contributed by atoms with Crippen molar-refractivity contribution in [3.8, 4) is 11.8 Å². The van der Waals surface area contributed by atoms with Gasteiger partial charge in [0.2, 0.25) is 0 Å². The van der Waals surface area contributed by atoms with Crippen LogP contribution in [-0.4, -0.2) is 82.1 Å². The first-order valence-corrected chi connectivity index (χ1v) is 16.8. The van der Waals surface area contributed by atoms with Crippen LogP contribution in [0.25, 0.3) is 10.8 Å². The highest BCUT2D eigenvalue weighted by Gasteiger charge is 2.63. The maximum atomic E-state index is 16.0. The second kappa shape index (κ2) is 9.91. The van der Waals surface area contributed by atoms with Gasteiger partial charge in [0.15, 0.2) is 0 Å². The highest BCUT2D eigenvalue weighted by molar-refractivity contribution is 5.98. The van der Waals surface area contributed by atoms with Crippen LogP contribution in [-0.2, 0) is 13.0 Å². The molecule has 6 aliphatic rings. The van der Waals surface area contributed by atoms with E-state index in [1.165, 1.54) is 29.4 Å². The molecule has 44 heavy (non-hydrogen) atoms. The van der Waals surface area contributed by atoms with Crippen LogP contribution in [0, 0.1) is 6.92 Å². The predicted octanol–water partition coefficient (Wildman–Crippen LogP) is 5.03. The van der Waals surface area contributed by atoms with E-state index in [0.717, 1.165) is 80.9 Å². The number of rotatable bonds is 5. The van der Waals surface area contributed by atoms with Crippen LogP contribution >= 0.6 is 0 Å². The number of piperazine rings is 1. The number of phenols is 1. The number of benzene rings is 2. The fourth-order valence-corrected chi connectivity index (χ4v) is 9.96. The summed E-state index contributed by atoms with van der Waals surface area (Å²) in [6.07, 6.45) is 8.52. The van der Waals surface area contributed by atoms with Crippen molar-refractivity contribution in [1.29, 1.82) is 0 Å². The van der Waals surface area contributed by atoms with Crippen molar-refractivity contribution in [2.75, 3.05) is 42.6 Å². The predicted molar refractivity (Wildman–Crippen MR) is 170 cm³/mol. The fourth-order valence-electron chi connectivity index (χ4n) is 9.96. The molecule has 6 heterocycles. The molecule has 5 aliphatic heterocycles. The maximum absolute atomic E-state index is 16.0. The number of alkyl halides is 1. The summed E-state index contributed by atoms with van der Waals surface area (Å²) in [4.78, 5) is 17.5. The molecule has 5 atom stereocenters. The van der Waals surface area contributed by atoms with Gasteiger partial charge in [0.25, 0.3) is 0 Å². The summed E-state index contributed by atoms with van der Waals surface area (Å²) < 4.78 is 22.6. The molecule has 5 unspecified atom stereocenters. The van der Waals surface area contributed by atoms with Gasteiger partial charge in [-0.2, -0.15) is 9.97 Å². The summed E-state index contributed by atoms with van der Waals surface area (Å²) >= 11 is 0. The lowest BCUT2D eigenvalue weighted by atomic mass is 9.88. The molecule has 1 aromatic heterocycles. The second-order valence-electron chi connectivity index (χ2n) is 14.5. The Labute approximate surface area is 258 Å². The van der Waals surface area contributed by atoms with E-state index in [-0.39, 0.29) is 17.3 Å². The third-order valence-corrected chi connectivity index (χ3v) is 11.8. The van der Waals surface area contributed by atoms with Crippen molar-refractivity contribution in [1.82, 2.24) is 20.2 Å². The van der Waals surface area contributed by atoms with Gasteiger partial charge in [0, 0.05) is 66.9 Å². The smallest absolute Gasteiger partial charge is 0.318 e. The van der Waals surface area contributed by atoms with E-state index in [9.17, 15) is 5.11 Å². The monoisotopic (exact) mass is 598 g/mol. The Morgan fingerprint density at radius 2 is 1.91 bits per heavy atom. The summed E-state index contributed by atoms with van der Waals surface area (Å²) in [6, 6.07) is 11.4. The molecule has 2 aromatic carbocycles. The summed E-state index contributed by atoms with van der Waals surface area (Å²) in [5, 5.41) is 16.6. The first kappa shape index (κ1) is 27.2. The summed E-state index contributed by atoms with van der Waals surface area (Å²) in [7, 11) is 0. The SMILES string of the molecule is Cc1cccc2cc(O)cc(N3CCc4c(nc(OCC56CCCN5C5CCCC5(F)C6)nc4N4CC5CCC(C4)N5)C3)c12. The van der Waals surface area contributed by atoms with E-state index in [1.807, 2.05) is 18.2 Å². The van der Waals surface area contributed by atoms with Crippen molar-refractivity contribution in [2.24, 2.45) is 0 Å². The molecule has 1 aliphatic carbocycles. The standard InChI is InChI=1S/C35H43FN6O2/c1-22-5-2-6-23-15-26(43)16-29(31(22)23)40-14-10-27-28(19-40)38-33(39-32(27)41-17-24-8-9-25(18-41)37-24)44-21-34-11-4-13-42(34)30-7-3-12-35(30,36)20-34/h2,5-6,15-16,24-25,30,37,43H,3-4,7-14,17-21H2,1H3. The minimum absolute atomic E-state index is 0.0408. The van der Waals surface area contributed by atoms with Crippen LogP contribution < -0.4 is 19.9 Å². The van der Waals surface area contributed by atoms with Gasteiger partial charge < -0.3 is 25.0 Å². The zero-order valence-electron chi connectivity index (χ0n) is 25.7. The van der Waals surface area contributed by atoms with Crippen molar-refractivity contribution >= 4 is 22.3 Å². The first-order valence-electron chi connectivity index (χ1n) is 16.8. The van der Waals surface area contributed by atoms with Gasteiger partial charge in [-0.25, -0.2) is 4.39 Å². The third-order valence-electron chi connectivity index (χ3n) is 11.8. The normalized spacial score (nSPS) is 32.7. The molecule has 1 saturated carbocycles. The van der Waals surface area contributed by atoms with Gasteiger partial charge in [-0.05, 0) is 81.9 Å². The quantitative estimate of drug-likeness (QED) is 0.424. The van der Waals surface area contributed by atoms with E-state index < -0.39 is 5.67 Å². The number of ether oxygens (including phenoxy) is 1. The van der Waals surface area contributed by atoms with Crippen molar-refractivity contribution in [3.05, 3.63) is 47.2 Å². The number of nitrogens with zero attached hydrogens (tertiary/aromatic N) is 5. The molecule has 5 fully saturated rings. The number of phenolic OH excluding ortho intramolecular Hbond substituents is 1. The molecular formula is C35H43FN6O2. The summed E-state index contributed by atoms with van der Waals surface area (Å²) in [5.41, 5.74) is 3.12. The molecule has 2 bridgehead atoms. The zero-order valence-corrected chi connectivity index (χ0v) is 25.7. The Morgan fingerprint density at radius 1 is 1.05 bits per heavy atom.